The normalized spacial score (nSPS) is 14.8. The van der Waals surface area contributed by atoms with Gasteiger partial charge < -0.3 is 25.0 Å². The Balaban J connectivity index is 0.00000364. The van der Waals surface area contributed by atoms with Crippen LogP contribution in [0, 0.1) is 0 Å². The Hall–Kier alpha value is -2.32. The van der Waals surface area contributed by atoms with Crippen LogP contribution >= 0.6 is 12.4 Å². The fraction of sp³-hybridized carbons (Fsp3) is 0.500. The van der Waals surface area contributed by atoms with Crippen LogP contribution in [0.25, 0.3) is 0 Å². The highest BCUT2D eigenvalue weighted by Crippen LogP contribution is 2.20. The van der Waals surface area contributed by atoms with Gasteiger partial charge in [-0.1, -0.05) is 12.1 Å². The largest absolute Gasteiger partial charge is 0.496 e. The number of carbonyl (C=O) groups is 3. The molecule has 27 heavy (non-hydrogen) atoms. The molecule has 2 rings (SSSR count). The van der Waals surface area contributed by atoms with E-state index in [0.717, 1.165) is 0 Å². The third-order valence-corrected chi connectivity index (χ3v) is 4.43. The summed E-state index contributed by atoms with van der Waals surface area (Å²) in [6.07, 6.45) is 0.419. The lowest BCUT2D eigenvalue weighted by Crippen LogP contribution is -2.50. The Labute approximate surface area is 165 Å². The maximum Gasteiger partial charge on any atom is 0.322 e. The lowest BCUT2D eigenvalue weighted by Gasteiger charge is -2.35. The van der Waals surface area contributed by atoms with Crippen molar-refractivity contribution in [2.24, 2.45) is 5.73 Å². The average Bonchev–Trinajstić information content (AvgIpc) is 2.70. The highest BCUT2D eigenvalue weighted by atomic mass is 35.5. The Kier molecular flexibility index (Phi) is 9.04. The van der Waals surface area contributed by atoms with Gasteiger partial charge in [-0.25, -0.2) is 0 Å². The SMILES string of the molecule is COC(=O)[C@@H](N)CCC(=O)N1CCN(C(=O)c2ccccc2OC)CC1.Cl. The first-order chi connectivity index (χ1) is 12.5. The second-order valence-corrected chi connectivity index (χ2v) is 6.04. The molecule has 9 heteroatoms. The van der Waals surface area contributed by atoms with Gasteiger partial charge in [-0.3, -0.25) is 14.4 Å². The monoisotopic (exact) mass is 399 g/mol. The summed E-state index contributed by atoms with van der Waals surface area (Å²) < 4.78 is 9.79. The fourth-order valence-corrected chi connectivity index (χ4v) is 2.86. The van der Waals surface area contributed by atoms with Gasteiger partial charge in [0.25, 0.3) is 5.91 Å². The summed E-state index contributed by atoms with van der Waals surface area (Å²) in [5.41, 5.74) is 6.16. The Morgan fingerprint density at radius 1 is 1.07 bits per heavy atom. The van der Waals surface area contributed by atoms with E-state index in [-0.39, 0.29) is 37.1 Å². The minimum absolute atomic E-state index is 0. The van der Waals surface area contributed by atoms with Crippen LogP contribution in [0.4, 0.5) is 0 Å². The minimum atomic E-state index is -0.794. The van der Waals surface area contributed by atoms with Gasteiger partial charge >= 0.3 is 5.97 Å². The molecule has 1 saturated heterocycles. The predicted molar refractivity (Wildman–Crippen MR) is 102 cm³/mol. The molecule has 1 aliphatic heterocycles. The van der Waals surface area contributed by atoms with E-state index in [1.807, 2.05) is 6.07 Å². The summed E-state index contributed by atoms with van der Waals surface area (Å²) in [5, 5.41) is 0. The molecule has 0 unspecified atom stereocenters. The van der Waals surface area contributed by atoms with Crippen LogP contribution in [0.15, 0.2) is 24.3 Å². The number of para-hydroxylation sites is 1. The molecule has 0 spiro atoms. The van der Waals surface area contributed by atoms with Crippen molar-refractivity contribution >= 4 is 30.2 Å². The van der Waals surface area contributed by atoms with Gasteiger partial charge in [0.05, 0.1) is 19.8 Å². The molecule has 2 amide bonds. The van der Waals surface area contributed by atoms with Crippen LogP contribution in [0.3, 0.4) is 0 Å². The summed E-state index contributed by atoms with van der Waals surface area (Å²) >= 11 is 0. The van der Waals surface area contributed by atoms with Gasteiger partial charge in [0.15, 0.2) is 0 Å². The first-order valence-corrected chi connectivity index (χ1v) is 8.51. The molecule has 1 aromatic rings. The molecule has 0 aliphatic carbocycles. The molecule has 0 saturated carbocycles. The zero-order valence-corrected chi connectivity index (χ0v) is 16.4. The van der Waals surface area contributed by atoms with E-state index in [4.69, 9.17) is 10.5 Å². The topological polar surface area (TPSA) is 102 Å². The van der Waals surface area contributed by atoms with Gasteiger partial charge in [-0.05, 0) is 18.6 Å². The minimum Gasteiger partial charge on any atom is -0.496 e. The predicted octanol–water partition coefficient (Wildman–Crippen LogP) is 0.682. The molecule has 0 bridgehead atoms. The van der Waals surface area contributed by atoms with Crippen molar-refractivity contribution in [3.05, 3.63) is 29.8 Å². The van der Waals surface area contributed by atoms with Gasteiger partial charge in [0, 0.05) is 32.6 Å². The smallest absolute Gasteiger partial charge is 0.322 e. The van der Waals surface area contributed by atoms with Crippen LogP contribution in [-0.4, -0.2) is 74.0 Å². The zero-order chi connectivity index (χ0) is 19.1. The number of nitrogens with zero attached hydrogens (tertiary/aromatic N) is 2. The quantitative estimate of drug-likeness (QED) is 0.706. The summed E-state index contributed by atoms with van der Waals surface area (Å²) in [7, 11) is 2.80. The summed E-state index contributed by atoms with van der Waals surface area (Å²) in [5.74, 6) is -0.172. The van der Waals surface area contributed by atoms with Gasteiger partial charge in [-0.15, -0.1) is 12.4 Å². The van der Waals surface area contributed by atoms with Crippen LogP contribution in [0.2, 0.25) is 0 Å². The van der Waals surface area contributed by atoms with Crippen molar-refractivity contribution in [3.8, 4) is 5.75 Å². The number of hydrogen-bond donors (Lipinski definition) is 1. The standard InChI is InChI=1S/C18H25N3O5.ClH/c1-25-15-6-4-3-5-13(15)17(23)21-11-9-20(10-12-21)16(22)8-7-14(19)18(24)26-2;/h3-6,14H,7-12,19H2,1-2H3;1H/t14-;/m0./s1. The van der Waals surface area contributed by atoms with Crippen molar-refractivity contribution in [2.45, 2.75) is 18.9 Å². The summed E-state index contributed by atoms with van der Waals surface area (Å²) in [6, 6.07) is 6.29. The number of rotatable bonds is 6. The van der Waals surface area contributed by atoms with Crippen LogP contribution in [-0.2, 0) is 14.3 Å². The first-order valence-electron chi connectivity index (χ1n) is 8.51. The molecule has 1 aromatic carbocycles. The lowest BCUT2D eigenvalue weighted by molar-refractivity contribution is -0.142. The maximum atomic E-state index is 12.7. The third kappa shape index (κ3) is 5.83. The van der Waals surface area contributed by atoms with Crippen LogP contribution in [0.1, 0.15) is 23.2 Å². The molecule has 150 valence electrons. The molecule has 8 nitrogen and oxygen atoms in total. The number of ether oxygens (including phenoxy) is 2. The fourth-order valence-electron chi connectivity index (χ4n) is 2.86. The molecule has 1 heterocycles. The second-order valence-electron chi connectivity index (χ2n) is 6.04. The molecular formula is C18H26ClN3O5. The van der Waals surface area contributed by atoms with Crippen molar-refractivity contribution in [1.82, 2.24) is 9.80 Å². The van der Waals surface area contributed by atoms with Crippen molar-refractivity contribution in [3.63, 3.8) is 0 Å². The van der Waals surface area contributed by atoms with Crippen LogP contribution < -0.4 is 10.5 Å². The number of nitrogens with two attached hydrogens (primary N) is 1. The number of carbonyl (C=O) groups excluding carboxylic acids is 3. The number of methoxy groups -OCH3 is 2. The number of benzene rings is 1. The number of esters is 1. The van der Waals surface area contributed by atoms with Gasteiger partial charge in [0.2, 0.25) is 5.91 Å². The first kappa shape index (κ1) is 22.7. The van der Waals surface area contributed by atoms with Crippen LogP contribution in [0.5, 0.6) is 5.75 Å². The van der Waals surface area contributed by atoms with E-state index in [1.54, 1.807) is 28.0 Å². The van der Waals surface area contributed by atoms with E-state index < -0.39 is 12.0 Å². The van der Waals surface area contributed by atoms with E-state index >= 15 is 0 Å². The van der Waals surface area contributed by atoms with E-state index in [9.17, 15) is 14.4 Å². The highest BCUT2D eigenvalue weighted by molar-refractivity contribution is 5.97. The molecular weight excluding hydrogens is 374 g/mol. The van der Waals surface area contributed by atoms with E-state index in [2.05, 4.69) is 4.74 Å². The molecule has 1 fully saturated rings. The molecule has 1 aliphatic rings. The number of halogens is 1. The third-order valence-electron chi connectivity index (χ3n) is 4.43. The summed E-state index contributed by atoms with van der Waals surface area (Å²) in [6.45, 7) is 1.80. The zero-order valence-electron chi connectivity index (χ0n) is 15.6. The van der Waals surface area contributed by atoms with E-state index in [1.165, 1.54) is 14.2 Å². The lowest BCUT2D eigenvalue weighted by atomic mass is 10.1. The molecule has 2 N–H and O–H groups in total. The van der Waals surface area contributed by atoms with Gasteiger partial charge in [-0.2, -0.15) is 0 Å². The van der Waals surface area contributed by atoms with Crippen molar-refractivity contribution in [1.29, 1.82) is 0 Å². The molecule has 0 aromatic heterocycles. The van der Waals surface area contributed by atoms with Crippen molar-refractivity contribution in [2.75, 3.05) is 40.4 Å². The average molecular weight is 400 g/mol. The Morgan fingerprint density at radius 3 is 2.26 bits per heavy atom. The number of piperazine rings is 1. The van der Waals surface area contributed by atoms with E-state index in [0.29, 0.717) is 37.5 Å². The van der Waals surface area contributed by atoms with Crippen molar-refractivity contribution < 1.29 is 23.9 Å². The molecule has 0 radical (unpaired) electrons. The highest BCUT2D eigenvalue weighted by Gasteiger charge is 2.26. The number of amides is 2. The number of hydrogen-bond acceptors (Lipinski definition) is 6. The van der Waals surface area contributed by atoms with Gasteiger partial charge in [0.1, 0.15) is 11.8 Å². The Bertz CT molecular complexity index is 662. The Morgan fingerprint density at radius 2 is 1.67 bits per heavy atom. The maximum absolute atomic E-state index is 12.7. The molecule has 1 atom stereocenters. The summed E-state index contributed by atoms with van der Waals surface area (Å²) in [4.78, 5) is 39.6. The second kappa shape index (κ2) is 10.7.